The van der Waals surface area contributed by atoms with Crippen molar-refractivity contribution in [1.29, 1.82) is 0 Å². The van der Waals surface area contributed by atoms with Crippen LogP contribution in [0.25, 0.3) is 0 Å². The second kappa shape index (κ2) is 5.19. The van der Waals surface area contributed by atoms with Crippen LogP contribution in [0.1, 0.15) is 18.2 Å². The van der Waals surface area contributed by atoms with Crippen molar-refractivity contribution < 1.29 is 9.84 Å². The first-order chi connectivity index (χ1) is 8.62. The molecule has 1 aromatic heterocycles. The van der Waals surface area contributed by atoms with E-state index in [-0.39, 0.29) is 0 Å². The predicted octanol–water partition coefficient (Wildman–Crippen LogP) is 2.54. The molecule has 0 unspecified atom stereocenters. The average molecular weight is 243 g/mol. The molecule has 1 heterocycles. The van der Waals surface area contributed by atoms with Crippen LogP contribution in [0.2, 0.25) is 0 Å². The maximum atomic E-state index is 10.5. The number of rotatable bonds is 4. The van der Waals surface area contributed by atoms with Crippen molar-refractivity contribution in [2.75, 3.05) is 7.11 Å². The van der Waals surface area contributed by atoms with Gasteiger partial charge in [-0.2, -0.15) is 0 Å². The number of nitrogens with zero attached hydrogens (tertiary/aromatic N) is 1. The summed E-state index contributed by atoms with van der Waals surface area (Å²) in [5.74, 6) is 0.785. The van der Waals surface area contributed by atoms with E-state index in [1.165, 1.54) is 0 Å². The number of pyridine rings is 1. The molecule has 0 aliphatic rings. The van der Waals surface area contributed by atoms with Gasteiger partial charge < -0.3 is 9.84 Å². The molecule has 0 radical (unpaired) electrons. The highest BCUT2D eigenvalue weighted by atomic mass is 16.5. The van der Waals surface area contributed by atoms with Crippen LogP contribution in [0, 0.1) is 0 Å². The lowest BCUT2D eigenvalue weighted by atomic mass is 9.91. The fraction of sp³-hybridized carbons (Fsp3) is 0.267. The fourth-order valence-corrected chi connectivity index (χ4v) is 1.91. The zero-order chi connectivity index (χ0) is 13.0. The molecule has 0 bridgehead atoms. The molecule has 18 heavy (non-hydrogen) atoms. The number of benzene rings is 1. The van der Waals surface area contributed by atoms with Crippen molar-refractivity contribution in [3.05, 3.63) is 59.9 Å². The molecule has 0 amide bonds. The van der Waals surface area contributed by atoms with E-state index in [1.54, 1.807) is 20.2 Å². The summed E-state index contributed by atoms with van der Waals surface area (Å²) >= 11 is 0. The fourth-order valence-electron chi connectivity index (χ4n) is 1.91. The van der Waals surface area contributed by atoms with Crippen LogP contribution in [-0.4, -0.2) is 17.2 Å². The van der Waals surface area contributed by atoms with Crippen molar-refractivity contribution in [1.82, 2.24) is 4.98 Å². The highest BCUT2D eigenvalue weighted by Gasteiger charge is 2.24. The summed E-state index contributed by atoms with van der Waals surface area (Å²) in [4.78, 5) is 4.24. The zero-order valence-corrected chi connectivity index (χ0v) is 10.6. The van der Waals surface area contributed by atoms with Gasteiger partial charge in [-0.3, -0.25) is 4.98 Å². The predicted molar refractivity (Wildman–Crippen MR) is 70.5 cm³/mol. The molecule has 0 saturated carbocycles. The molecule has 0 fully saturated rings. The summed E-state index contributed by atoms with van der Waals surface area (Å²) < 4.78 is 5.11. The largest absolute Gasteiger partial charge is 0.497 e. The van der Waals surface area contributed by atoms with Crippen molar-refractivity contribution in [2.45, 2.75) is 18.9 Å². The van der Waals surface area contributed by atoms with E-state index in [0.29, 0.717) is 6.42 Å². The summed E-state index contributed by atoms with van der Waals surface area (Å²) in [6.07, 6.45) is 2.22. The molecule has 94 valence electrons. The molecule has 0 saturated heterocycles. The molecular formula is C15H17NO2. The Balaban J connectivity index is 2.19. The third kappa shape index (κ3) is 2.87. The van der Waals surface area contributed by atoms with Gasteiger partial charge in [0.15, 0.2) is 0 Å². The SMILES string of the molecule is COc1ccc([C@@](C)(O)Cc2ccccn2)cc1. The Kier molecular flexibility index (Phi) is 3.63. The van der Waals surface area contributed by atoms with Crippen LogP contribution >= 0.6 is 0 Å². The van der Waals surface area contributed by atoms with Gasteiger partial charge in [0.1, 0.15) is 5.75 Å². The van der Waals surface area contributed by atoms with Crippen LogP contribution in [0.15, 0.2) is 48.7 Å². The molecule has 0 aliphatic carbocycles. The van der Waals surface area contributed by atoms with Gasteiger partial charge >= 0.3 is 0 Å². The third-order valence-electron chi connectivity index (χ3n) is 2.96. The minimum absolute atomic E-state index is 0.486. The number of ether oxygens (including phenoxy) is 1. The number of aromatic nitrogens is 1. The Morgan fingerprint density at radius 2 is 1.89 bits per heavy atom. The maximum Gasteiger partial charge on any atom is 0.118 e. The van der Waals surface area contributed by atoms with Gasteiger partial charge in [0.25, 0.3) is 0 Å². The van der Waals surface area contributed by atoms with Crippen LogP contribution in [-0.2, 0) is 12.0 Å². The van der Waals surface area contributed by atoms with Gasteiger partial charge in [0.2, 0.25) is 0 Å². The second-order valence-electron chi connectivity index (χ2n) is 4.50. The van der Waals surface area contributed by atoms with Gasteiger partial charge in [-0.1, -0.05) is 18.2 Å². The van der Waals surface area contributed by atoms with Gasteiger partial charge in [0, 0.05) is 18.3 Å². The molecule has 1 aromatic carbocycles. The Hall–Kier alpha value is -1.87. The number of methoxy groups -OCH3 is 1. The summed E-state index contributed by atoms with van der Waals surface area (Å²) in [6.45, 7) is 1.80. The molecule has 2 rings (SSSR count). The third-order valence-corrected chi connectivity index (χ3v) is 2.96. The van der Waals surface area contributed by atoms with E-state index in [9.17, 15) is 5.11 Å². The molecule has 3 heteroatoms. The summed E-state index contributed by atoms with van der Waals surface area (Å²) in [5.41, 5.74) is 0.799. The standard InChI is InChI=1S/C15H17NO2/c1-15(17,11-13-5-3-4-10-16-13)12-6-8-14(18-2)9-7-12/h3-10,17H,11H2,1-2H3/t15-/m0/s1. The quantitative estimate of drug-likeness (QED) is 0.897. The van der Waals surface area contributed by atoms with Gasteiger partial charge in [0.05, 0.1) is 12.7 Å². The first-order valence-corrected chi connectivity index (χ1v) is 5.88. The molecule has 2 aromatic rings. The van der Waals surface area contributed by atoms with Crippen molar-refractivity contribution in [3.8, 4) is 5.75 Å². The number of hydrogen-bond acceptors (Lipinski definition) is 3. The van der Waals surface area contributed by atoms with Crippen molar-refractivity contribution >= 4 is 0 Å². The Bertz CT molecular complexity index is 492. The van der Waals surface area contributed by atoms with Crippen LogP contribution in [0.4, 0.5) is 0 Å². The van der Waals surface area contributed by atoms with E-state index in [1.807, 2.05) is 42.5 Å². The van der Waals surface area contributed by atoms with E-state index < -0.39 is 5.60 Å². The Morgan fingerprint density at radius 3 is 2.44 bits per heavy atom. The normalized spacial score (nSPS) is 13.9. The molecule has 0 spiro atoms. The monoisotopic (exact) mass is 243 g/mol. The highest BCUT2D eigenvalue weighted by Crippen LogP contribution is 2.26. The van der Waals surface area contributed by atoms with Crippen molar-refractivity contribution in [2.24, 2.45) is 0 Å². The smallest absolute Gasteiger partial charge is 0.118 e. The van der Waals surface area contributed by atoms with E-state index in [0.717, 1.165) is 17.0 Å². The lowest BCUT2D eigenvalue weighted by Gasteiger charge is -2.23. The van der Waals surface area contributed by atoms with Crippen molar-refractivity contribution in [3.63, 3.8) is 0 Å². The summed E-state index contributed by atoms with van der Waals surface area (Å²) in [6, 6.07) is 13.2. The molecule has 0 aliphatic heterocycles. The minimum atomic E-state index is -0.930. The number of hydrogen-bond donors (Lipinski definition) is 1. The van der Waals surface area contributed by atoms with E-state index >= 15 is 0 Å². The van der Waals surface area contributed by atoms with Crippen LogP contribution in [0.5, 0.6) is 5.75 Å². The first-order valence-electron chi connectivity index (χ1n) is 5.88. The second-order valence-corrected chi connectivity index (χ2v) is 4.50. The molecule has 3 nitrogen and oxygen atoms in total. The first kappa shape index (κ1) is 12.6. The lowest BCUT2D eigenvalue weighted by Crippen LogP contribution is -2.24. The highest BCUT2D eigenvalue weighted by molar-refractivity contribution is 5.31. The van der Waals surface area contributed by atoms with Gasteiger partial charge in [-0.15, -0.1) is 0 Å². The molecular weight excluding hydrogens is 226 g/mol. The Labute approximate surface area is 107 Å². The van der Waals surface area contributed by atoms with E-state index in [2.05, 4.69) is 4.98 Å². The van der Waals surface area contributed by atoms with E-state index in [4.69, 9.17) is 4.74 Å². The molecule has 1 N–H and O–H groups in total. The zero-order valence-electron chi connectivity index (χ0n) is 10.6. The minimum Gasteiger partial charge on any atom is -0.497 e. The van der Waals surface area contributed by atoms with Gasteiger partial charge in [-0.05, 0) is 36.8 Å². The maximum absolute atomic E-state index is 10.5. The summed E-state index contributed by atoms with van der Waals surface area (Å²) in [7, 11) is 1.63. The number of aliphatic hydroxyl groups is 1. The topological polar surface area (TPSA) is 42.4 Å². The van der Waals surface area contributed by atoms with Gasteiger partial charge in [-0.25, -0.2) is 0 Å². The lowest BCUT2D eigenvalue weighted by molar-refractivity contribution is 0.0565. The van der Waals surface area contributed by atoms with Crippen LogP contribution in [0.3, 0.4) is 0 Å². The average Bonchev–Trinajstić information content (AvgIpc) is 2.39. The van der Waals surface area contributed by atoms with Crippen LogP contribution < -0.4 is 4.74 Å². The molecule has 1 atom stereocenters. The Morgan fingerprint density at radius 1 is 1.17 bits per heavy atom. The summed E-state index contributed by atoms with van der Waals surface area (Å²) in [5, 5.41) is 10.5.